The number of hydrogen-bond acceptors (Lipinski definition) is 5. The average Bonchev–Trinajstić information content (AvgIpc) is 2.30. The van der Waals surface area contributed by atoms with Gasteiger partial charge in [0, 0.05) is 10.7 Å². The van der Waals surface area contributed by atoms with Crippen LogP contribution in [0.15, 0.2) is 0 Å². The molecule has 0 aliphatic heterocycles. The van der Waals surface area contributed by atoms with Gasteiger partial charge in [-0.3, -0.25) is 4.18 Å². The molecule has 0 bridgehead atoms. The molecule has 0 radical (unpaired) electrons. The van der Waals surface area contributed by atoms with Crippen molar-refractivity contribution in [2.24, 2.45) is 0 Å². The van der Waals surface area contributed by atoms with E-state index in [4.69, 9.17) is 4.18 Å². The van der Waals surface area contributed by atoms with Crippen LogP contribution in [0, 0.1) is 0 Å². The number of halogens is 1. The minimum atomic E-state index is -3.21. The molecule has 0 aromatic rings. The standard InChI is InChI=1S/C6H12O3S.CH3ClO2S/c1-10(7,8)9-6-4-2-3-5-6;1-5(2,3)4/h6H,2-5H2,1H3;1H3. The van der Waals surface area contributed by atoms with Gasteiger partial charge in [0.25, 0.3) is 10.1 Å². The Hall–Kier alpha value is 0.150. The molecule has 0 N–H and O–H groups in total. The summed E-state index contributed by atoms with van der Waals surface area (Å²) in [5, 5.41) is 0. The Morgan fingerprint density at radius 2 is 1.40 bits per heavy atom. The predicted molar refractivity (Wildman–Crippen MR) is 58.9 cm³/mol. The highest BCUT2D eigenvalue weighted by atomic mass is 35.7. The van der Waals surface area contributed by atoms with E-state index < -0.39 is 19.2 Å². The van der Waals surface area contributed by atoms with Crippen molar-refractivity contribution in [3.8, 4) is 0 Å². The Morgan fingerprint density at radius 3 is 1.67 bits per heavy atom. The topological polar surface area (TPSA) is 77.5 Å². The van der Waals surface area contributed by atoms with Gasteiger partial charge in [0.2, 0.25) is 9.05 Å². The lowest BCUT2D eigenvalue weighted by atomic mass is 10.3. The molecular formula is C7H15ClO5S2. The second-order valence-electron chi connectivity index (χ2n) is 3.39. The average molecular weight is 279 g/mol. The van der Waals surface area contributed by atoms with Gasteiger partial charge in [0.1, 0.15) is 0 Å². The van der Waals surface area contributed by atoms with Crippen LogP contribution < -0.4 is 0 Å². The van der Waals surface area contributed by atoms with Crippen molar-refractivity contribution < 1.29 is 21.0 Å². The van der Waals surface area contributed by atoms with Gasteiger partial charge in [0.05, 0.1) is 18.6 Å². The zero-order valence-corrected chi connectivity index (χ0v) is 11.0. The maximum absolute atomic E-state index is 10.6. The van der Waals surface area contributed by atoms with Crippen LogP contribution in [-0.4, -0.2) is 35.5 Å². The maximum Gasteiger partial charge on any atom is 0.264 e. The summed E-state index contributed by atoms with van der Waals surface area (Å²) in [5.41, 5.74) is 0. The summed E-state index contributed by atoms with van der Waals surface area (Å²) < 4.78 is 44.7. The van der Waals surface area contributed by atoms with Gasteiger partial charge >= 0.3 is 0 Å². The molecule has 15 heavy (non-hydrogen) atoms. The van der Waals surface area contributed by atoms with Crippen LogP contribution in [0.25, 0.3) is 0 Å². The molecule has 1 aliphatic rings. The lowest BCUT2D eigenvalue weighted by molar-refractivity contribution is 0.220. The van der Waals surface area contributed by atoms with Crippen molar-refractivity contribution in [1.82, 2.24) is 0 Å². The molecular weight excluding hydrogens is 264 g/mol. The molecule has 1 aliphatic carbocycles. The molecule has 0 aromatic heterocycles. The van der Waals surface area contributed by atoms with Crippen LogP contribution in [0.3, 0.4) is 0 Å². The highest BCUT2D eigenvalue weighted by Crippen LogP contribution is 2.21. The lowest BCUT2D eigenvalue weighted by Gasteiger charge is -2.06. The van der Waals surface area contributed by atoms with Crippen molar-refractivity contribution in [2.45, 2.75) is 31.8 Å². The Bertz CT molecular complexity index is 358. The van der Waals surface area contributed by atoms with Crippen molar-refractivity contribution in [3.63, 3.8) is 0 Å². The third-order valence-corrected chi connectivity index (χ3v) is 2.23. The lowest BCUT2D eigenvalue weighted by Crippen LogP contribution is -2.13. The monoisotopic (exact) mass is 278 g/mol. The SMILES string of the molecule is CS(=O)(=O)Cl.CS(=O)(=O)OC1CCCC1. The van der Waals surface area contributed by atoms with E-state index in [-0.39, 0.29) is 6.10 Å². The van der Waals surface area contributed by atoms with E-state index in [2.05, 4.69) is 10.7 Å². The van der Waals surface area contributed by atoms with Crippen LogP contribution in [0.4, 0.5) is 0 Å². The van der Waals surface area contributed by atoms with Gasteiger partial charge in [0.15, 0.2) is 0 Å². The minimum Gasteiger partial charge on any atom is -0.267 e. The van der Waals surface area contributed by atoms with Crippen molar-refractivity contribution in [1.29, 1.82) is 0 Å². The van der Waals surface area contributed by atoms with E-state index in [0.29, 0.717) is 0 Å². The second-order valence-corrected chi connectivity index (χ2v) is 8.03. The van der Waals surface area contributed by atoms with Crippen molar-refractivity contribution in [2.75, 3.05) is 12.5 Å². The quantitative estimate of drug-likeness (QED) is 0.558. The first-order chi connectivity index (χ1) is 6.58. The summed E-state index contributed by atoms with van der Waals surface area (Å²) in [6.45, 7) is 0. The number of rotatable bonds is 2. The molecule has 8 heteroatoms. The molecule has 1 saturated carbocycles. The third kappa shape index (κ3) is 14.2. The van der Waals surface area contributed by atoms with Crippen LogP contribution in [0.5, 0.6) is 0 Å². The second kappa shape index (κ2) is 6.03. The molecule has 0 spiro atoms. The van der Waals surface area contributed by atoms with E-state index in [1.54, 1.807) is 0 Å². The molecule has 0 aromatic carbocycles. The van der Waals surface area contributed by atoms with E-state index in [0.717, 1.165) is 38.2 Å². The van der Waals surface area contributed by atoms with Crippen molar-refractivity contribution in [3.05, 3.63) is 0 Å². The van der Waals surface area contributed by atoms with Gasteiger partial charge in [-0.05, 0) is 12.8 Å². The summed E-state index contributed by atoms with van der Waals surface area (Å²) in [5.74, 6) is 0. The Labute approximate surface area is 95.3 Å². The fourth-order valence-electron chi connectivity index (χ4n) is 1.23. The fourth-order valence-corrected chi connectivity index (χ4v) is 1.92. The summed E-state index contributed by atoms with van der Waals surface area (Å²) >= 11 is 0. The van der Waals surface area contributed by atoms with Gasteiger partial charge in [-0.15, -0.1) is 0 Å². The summed E-state index contributed by atoms with van der Waals surface area (Å²) in [4.78, 5) is 0. The van der Waals surface area contributed by atoms with Gasteiger partial charge in [-0.25, -0.2) is 8.42 Å². The largest absolute Gasteiger partial charge is 0.267 e. The molecule has 1 fully saturated rings. The van der Waals surface area contributed by atoms with Crippen LogP contribution in [0.1, 0.15) is 25.7 Å². The fraction of sp³-hybridized carbons (Fsp3) is 1.00. The van der Waals surface area contributed by atoms with Crippen molar-refractivity contribution >= 4 is 29.9 Å². The molecule has 0 unspecified atom stereocenters. The molecule has 5 nitrogen and oxygen atoms in total. The van der Waals surface area contributed by atoms with Gasteiger partial charge < -0.3 is 0 Å². The van der Waals surface area contributed by atoms with E-state index >= 15 is 0 Å². The molecule has 0 saturated heterocycles. The van der Waals surface area contributed by atoms with E-state index in [1.807, 2.05) is 0 Å². The summed E-state index contributed by atoms with van der Waals surface area (Å²) in [7, 11) is -1.90. The first kappa shape index (κ1) is 15.2. The summed E-state index contributed by atoms with van der Waals surface area (Å²) in [6, 6.07) is 0. The van der Waals surface area contributed by atoms with Crippen LogP contribution >= 0.6 is 10.7 Å². The molecule has 0 atom stereocenters. The molecule has 0 amide bonds. The Morgan fingerprint density at radius 1 is 1.07 bits per heavy atom. The van der Waals surface area contributed by atoms with Gasteiger partial charge in [-0.2, -0.15) is 8.42 Å². The van der Waals surface area contributed by atoms with Gasteiger partial charge in [-0.1, -0.05) is 12.8 Å². The van der Waals surface area contributed by atoms with Crippen LogP contribution in [0.2, 0.25) is 0 Å². The van der Waals surface area contributed by atoms with Crippen LogP contribution in [-0.2, 0) is 23.4 Å². The predicted octanol–water partition coefficient (Wildman–Crippen LogP) is 1.09. The molecule has 92 valence electrons. The number of hydrogen-bond donors (Lipinski definition) is 0. The van der Waals surface area contributed by atoms with E-state index in [9.17, 15) is 16.8 Å². The Balaban J connectivity index is 0.000000336. The zero-order valence-electron chi connectivity index (χ0n) is 8.64. The highest BCUT2D eigenvalue weighted by Gasteiger charge is 2.19. The normalized spacial score (nSPS) is 18.3. The zero-order chi connectivity index (χ0) is 12.1. The minimum absolute atomic E-state index is 0.0324. The maximum atomic E-state index is 10.6. The molecule has 0 heterocycles. The van der Waals surface area contributed by atoms with E-state index in [1.165, 1.54) is 0 Å². The highest BCUT2D eigenvalue weighted by molar-refractivity contribution is 8.13. The smallest absolute Gasteiger partial charge is 0.264 e. The summed E-state index contributed by atoms with van der Waals surface area (Å²) in [6.07, 6.45) is 5.98. The first-order valence-corrected chi connectivity index (χ1v) is 8.89. The third-order valence-electron chi connectivity index (χ3n) is 1.61. The molecule has 1 rings (SSSR count). The first-order valence-electron chi connectivity index (χ1n) is 4.36. The Kier molecular flexibility index (Phi) is 6.09.